The molecule has 1 aromatic heterocycles. The molecule has 1 atom stereocenters. The van der Waals surface area contributed by atoms with Gasteiger partial charge in [-0.25, -0.2) is 4.79 Å². The van der Waals surface area contributed by atoms with Gasteiger partial charge in [-0.2, -0.15) is 4.98 Å². The Morgan fingerprint density at radius 3 is 2.91 bits per heavy atom. The molecule has 1 aliphatic rings. The maximum Gasteiger partial charge on any atom is 0.407 e. The van der Waals surface area contributed by atoms with Crippen molar-refractivity contribution in [1.82, 2.24) is 15.3 Å². The molecule has 0 radical (unpaired) electrons. The number of aromatic nitrogens is 2. The first-order valence-electron chi connectivity index (χ1n) is 7.34. The van der Waals surface area contributed by atoms with Gasteiger partial charge < -0.3 is 20.7 Å². The molecule has 2 rings (SSSR count). The highest BCUT2D eigenvalue weighted by Crippen LogP contribution is 2.17. The van der Waals surface area contributed by atoms with Crippen molar-refractivity contribution in [3.8, 4) is 0 Å². The smallest absolute Gasteiger partial charge is 0.407 e. The summed E-state index contributed by atoms with van der Waals surface area (Å²) < 4.78 is 5.26. The molecule has 1 saturated heterocycles. The number of amides is 1. The van der Waals surface area contributed by atoms with Crippen LogP contribution in [0.4, 0.5) is 16.6 Å². The first kappa shape index (κ1) is 16.1. The zero-order valence-electron chi connectivity index (χ0n) is 13.2. The molecule has 2 heterocycles. The summed E-state index contributed by atoms with van der Waals surface area (Å²) in [5, 5.41) is 2.86. The zero-order chi connectivity index (χ0) is 16.3. The maximum atomic E-state index is 11.8. The number of carbonyl (C=O) groups excluding carboxylic acids is 1. The summed E-state index contributed by atoms with van der Waals surface area (Å²) in [6, 6.07) is 1.36. The van der Waals surface area contributed by atoms with Gasteiger partial charge in [-0.1, -0.05) is 0 Å². The molecule has 0 unspecified atom stereocenters. The Balaban J connectivity index is 2.00. The number of nitrogens with one attached hydrogen (secondary N) is 2. The van der Waals surface area contributed by atoms with E-state index in [1.165, 1.54) is 6.07 Å². The van der Waals surface area contributed by atoms with Crippen LogP contribution in [0.2, 0.25) is 0 Å². The van der Waals surface area contributed by atoms with Crippen molar-refractivity contribution < 1.29 is 9.53 Å². The third kappa shape index (κ3) is 4.64. The number of piperidine rings is 1. The number of carbonyl (C=O) groups is 1. The van der Waals surface area contributed by atoms with E-state index >= 15 is 0 Å². The lowest BCUT2D eigenvalue weighted by molar-refractivity contribution is 0.0500. The second-order valence-electron chi connectivity index (χ2n) is 6.42. The van der Waals surface area contributed by atoms with Crippen LogP contribution in [0.1, 0.15) is 33.6 Å². The number of aromatic amines is 1. The predicted molar refractivity (Wildman–Crippen MR) is 83.9 cm³/mol. The highest BCUT2D eigenvalue weighted by molar-refractivity contribution is 5.68. The Hall–Kier alpha value is -2.25. The van der Waals surface area contributed by atoms with Crippen LogP contribution >= 0.6 is 0 Å². The Morgan fingerprint density at radius 2 is 2.27 bits per heavy atom. The van der Waals surface area contributed by atoms with Gasteiger partial charge in [-0.3, -0.25) is 9.78 Å². The summed E-state index contributed by atoms with van der Waals surface area (Å²) in [6.45, 7) is 6.80. The Labute approximate surface area is 129 Å². The molecule has 0 aromatic carbocycles. The normalized spacial score (nSPS) is 18.9. The van der Waals surface area contributed by atoms with E-state index in [0.29, 0.717) is 12.4 Å². The number of nitrogen functional groups attached to an aromatic ring is 1. The van der Waals surface area contributed by atoms with E-state index in [0.717, 1.165) is 19.4 Å². The number of nitrogens with zero attached hydrogens (tertiary/aromatic N) is 2. The molecule has 4 N–H and O–H groups in total. The van der Waals surface area contributed by atoms with Crippen LogP contribution in [0.15, 0.2) is 10.9 Å². The van der Waals surface area contributed by atoms with Gasteiger partial charge in [0.25, 0.3) is 5.56 Å². The Morgan fingerprint density at radius 1 is 1.55 bits per heavy atom. The summed E-state index contributed by atoms with van der Waals surface area (Å²) in [6.07, 6.45) is 1.31. The van der Waals surface area contributed by atoms with E-state index in [-0.39, 0.29) is 17.5 Å². The number of alkyl carbamates (subject to hydrolysis) is 1. The first-order chi connectivity index (χ1) is 10.2. The second kappa shape index (κ2) is 6.25. The summed E-state index contributed by atoms with van der Waals surface area (Å²) in [4.78, 5) is 31.8. The van der Waals surface area contributed by atoms with Gasteiger partial charge >= 0.3 is 6.09 Å². The van der Waals surface area contributed by atoms with Crippen LogP contribution in [0.5, 0.6) is 0 Å². The monoisotopic (exact) mass is 309 g/mol. The van der Waals surface area contributed by atoms with E-state index in [9.17, 15) is 9.59 Å². The lowest BCUT2D eigenvalue weighted by Gasteiger charge is -2.34. The molecule has 0 aliphatic carbocycles. The fourth-order valence-electron chi connectivity index (χ4n) is 2.40. The molecule has 1 aromatic rings. The second-order valence-corrected chi connectivity index (χ2v) is 6.42. The van der Waals surface area contributed by atoms with E-state index in [2.05, 4.69) is 15.3 Å². The minimum Gasteiger partial charge on any atom is -0.444 e. The number of hydrogen-bond acceptors (Lipinski definition) is 6. The van der Waals surface area contributed by atoms with Gasteiger partial charge in [0, 0.05) is 25.2 Å². The van der Waals surface area contributed by atoms with Crippen molar-refractivity contribution in [1.29, 1.82) is 0 Å². The first-order valence-corrected chi connectivity index (χ1v) is 7.34. The number of hydrogen-bond donors (Lipinski definition) is 3. The molecule has 1 aliphatic heterocycles. The summed E-state index contributed by atoms with van der Waals surface area (Å²) in [5.41, 5.74) is 4.75. The zero-order valence-corrected chi connectivity index (χ0v) is 13.2. The molecule has 22 heavy (non-hydrogen) atoms. The fourth-order valence-corrected chi connectivity index (χ4v) is 2.40. The van der Waals surface area contributed by atoms with Gasteiger partial charge in [0.05, 0.1) is 0 Å². The van der Waals surface area contributed by atoms with E-state index < -0.39 is 11.7 Å². The Kier molecular flexibility index (Phi) is 4.58. The molecule has 8 nitrogen and oxygen atoms in total. The predicted octanol–water partition coefficient (Wildman–Crippen LogP) is 0.846. The van der Waals surface area contributed by atoms with Crippen LogP contribution in [0, 0.1) is 0 Å². The average Bonchev–Trinajstić information content (AvgIpc) is 2.35. The number of anilines is 2. The van der Waals surface area contributed by atoms with Crippen molar-refractivity contribution in [2.75, 3.05) is 23.7 Å². The largest absolute Gasteiger partial charge is 0.444 e. The van der Waals surface area contributed by atoms with Crippen LogP contribution in [0.3, 0.4) is 0 Å². The van der Waals surface area contributed by atoms with E-state index in [1.807, 2.05) is 25.7 Å². The number of nitrogens with two attached hydrogens (primary N) is 1. The third-order valence-electron chi connectivity index (χ3n) is 3.21. The quantitative estimate of drug-likeness (QED) is 0.746. The lowest BCUT2D eigenvalue weighted by Crippen LogP contribution is -2.49. The topological polar surface area (TPSA) is 113 Å². The van der Waals surface area contributed by atoms with Crippen molar-refractivity contribution in [2.45, 2.75) is 45.3 Å². The number of ether oxygens (including phenoxy) is 1. The molecule has 0 spiro atoms. The van der Waals surface area contributed by atoms with Crippen molar-refractivity contribution in [3.05, 3.63) is 16.4 Å². The standard InChI is InChI=1S/C14H23N5O3/c1-14(2,3)22-13(21)16-9-5-4-6-19(8-9)10-7-11(20)18-12(15)17-10/h7,9H,4-6,8H2,1-3H3,(H,16,21)(H3,15,17,18,20)/t9-/m0/s1. The van der Waals surface area contributed by atoms with Crippen LogP contribution in [-0.4, -0.2) is 40.8 Å². The molecule has 1 fully saturated rings. The molecule has 0 saturated carbocycles. The molecule has 122 valence electrons. The van der Waals surface area contributed by atoms with Gasteiger partial charge in [0.15, 0.2) is 0 Å². The SMILES string of the molecule is CC(C)(C)OC(=O)N[C@H]1CCCN(c2cc(=O)[nH]c(N)n2)C1. The third-order valence-corrected chi connectivity index (χ3v) is 3.21. The summed E-state index contributed by atoms with van der Waals surface area (Å²) in [5.74, 6) is 0.613. The Bertz CT molecular complexity index is 593. The van der Waals surface area contributed by atoms with Crippen molar-refractivity contribution >= 4 is 17.9 Å². The van der Waals surface area contributed by atoms with Gasteiger partial charge in [0.2, 0.25) is 5.95 Å². The van der Waals surface area contributed by atoms with Gasteiger partial charge in [-0.05, 0) is 33.6 Å². The minimum atomic E-state index is -0.527. The highest BCUT2D eigenvalue weighted by Gasteiger charge is 2.25. The lowest BCUT2D eigenvalue weighted by atomic mass is 10.1. The molecular weight excluding hydrogens is 286 g/mol. The molecular formula is C14H23N5O3. The van der Waals surface area contributed by atoms with Crippen molar-refractivity contribution in [3.63, 3.8) is 0 Å². The average molecular weight is 309 g/mol. The van der Waals surface area contributed by atoms with Crippen molar-refractivity contribution in [2.24, 2.45) is 0 Å². The summed E-state index contributed by atoms with van der Waals surface area (Å²) in [7, 11) is 0. The minimum absolute atomic E-state index is 0.0501. The maximum absolute atomic E-state index is 11.8. The summed E-state index contributed by atoms with van der Waals surface area (Å²) >= 11 is 0. The van der Waals surface area contributed by atoms with Gasteiger partial charge in [-0.15, -0.1) is 0 Å². The van der Waals surface area contributed by atoms with E-state index in [4.69, 9.17) is 10.5 Å². The fraction of sp³-hybridized carbons (Fsp3) is 0.643. The number of rotatable bonds is 2. The number of H-pyrrole nitrogens is 1. The molecule has 0 bridgehead atoms. The van der Waals surface area contributed by atoms with Crippen LogP contribution in [-0.2, 0) is 4.74 Å². The van der Waals surface area contributed by atoms with Crippen LogP contribution < -0.4 is 21.5 Å². The highest BCUT2D eigenvalue weighted by atomic mass is 16.6. The van der Waals surface area contributed by atoms with Gasteiger partial charge in [0.1, 0.15) is 11.4 Å². The molecule has 1 amide bonds. The van der Waals surface area contributed by atoms with Crippen LogP contribution in [0.25, 0.3) is 0 Å². The molecule has 8 heteroatoms. The van der Waals surface area contributed by atoms with E-state index in [1.54, 1.807) is 0 Å².